The Labute approximate surface area is 163 Å². The van der Waals surface area contributed by atoms with Crippen LogP contribution in [0.4, 0.5) is 4.39 Å². The number of carbonyl (C=O) groups excluding carboxylic acids is 1. The molecule has 0 atom stereocenters. The van der Waals surface area contributed by atoms with Gasteiger partial charge in [-0.1, -0.05) is 24.3 Å². The van der Waals surface area contributed by atoms with Crippen molar-refractivity contribution in [1.82, 2.24) is 14.9 Å². The van der Waals surface area contributed by atoms with Gasteiger partial charge in [-0.3, -0.25) is 4.79 Å². The van der Waals surface area contributed by atoms with E-state index in [1.807, 2.05) is 36.4 Å². The lowest BCUT2D eigenvalue weighted by molar-refractivity contribution is -0.128. The van der Waals surface area contributed by atoms with Gasteiger partial charge in [0.2, 0.25) is 5.91 Å². The van der Waals surface area contributed by atoms with E-state index >= 15 is 0 Å². The van der Waals surface area contributed by atoms with Crippen molar-refractivity contribution in [1.29, 1.82) is 0 Å². The number of benzene rings is 2. The molecule has 0 aliphatic carbocycles. The number of pyridine rings is 1. The van der Waals surface area contributed by atoms with Gasteiger partial charge in [0.1, 0.15) is 5.82 Å². The van der Waals surface area contributed by atoms with Gasteiger partial charge in [0, 0.05) is 36.8 Å². The highest BCUT2D eigenvalue weighted by Gasteiger charge is 2.16. The highest BCUT2D eigenvalue weighted by molar-refractivity contribution is 5.91. The van der Waals surface area contributed by atoms with Crippen LogP contribution in [0.2, 0.25) is 0 Å². The van der Waals surface area contributed by atoms with Crippen LogP contribution >= 0.6 is 0 Å². The summed E-state index contributed by atoms with van der Waals surface area (Å²) in [6.45, 7) is 0. The number of aryl methyl sites for hydroxylation is 1. The standard InChI is InChI=1S/C23H22FN3O/c1-27(2)22(28)9-5-7-17-18-14-16(24)11-13-20(18)26-23(17)21-12-10-15-6-3-4-8-19(15)25-21/h3-4,6,8,10-14,26H,5,7,9H2,1-2H3. The number of fused-ring (bicyclic) bond motifs is 2. The molecule has 1 N–H and O–H groups in total. The van der Waals surface area contributed by atoms with Crippen LogP contribution in [0.1, 0.15) is 18.4 Å². The van der Waals surface area contributed by atoms with Crippen molar-refractivity contribution >= 4 is 27.7 Å². The molecule has 2 aromatic carbocycles. The minimum atomic E-state index is -0.268. The zero-order valence-electron chi connectivity index (χ0n) is 16.0. The first-order valence-electron chi connectivity index (χ1n) is 9.39. The van der Waals surface area contributed by atoms with Crippen LogP contribution in [0.25, 0.3) is 33.2 Å². The molecular formula is C23H22FN3O. The molecule has 2 aromatic heterocycles. The van der Waals surface area contributed by atoms with Crippen molar-refractivity contribution < 1.29 is 9.18 Å². The second-order valence-corrected chi connectivity index (χ2v) is 7.20. The van der Waals surface area contributed by atoms with Crippen LogP contribution in [0.5, 0.6) is 0 Å². The summed E-state index contributed by atoms with van der Waals surface area (Å²) in [5, 5.41) is 1.92. The Morgan fingerprint density at radius 2 is 1.93 bits per heavy atom. The number of nitrogens with zero attached hydrogens (tertiary/aromatic N) is 2. The zero-order chi connectivity index (χ0) is 19.7. The van der Waals surface area contributed by atoms with Gasteiger partial charge < -0.3 is 9.88 Å². The van der Waals surface area contributed by atoms with Crippen molar-refractivity contribution in [3.05, 3.63) is 66.0 Å². The summed E-state index contributed by atoms with van der Waals surface area (Å²) in [6, 6.07) is 16.8. The van der Waals surface area contributed by atoms with Crippen molar-refractivity contribution in [2.24, 2.45) is 0 Å². The van der Waals surface area contributed by atoms with Gasteiger partial charge in [0.25, 0.3) is 0 Å². The van der Waals surface area contributed by atoms with E-state index in [0.717, 1.165) is 38.8 Å². The van der Waals surface area contributed by atoms with E-state index < -0.39 is 0 Å². The minimum Gasteiger partial charge on any atom is -0.353 e. The first-order chi connectivity index (χ1) is 13.5. The molecule has 0 fully saturated rings. The molecule has 0 spiro atoms. The van der Waals surface area contributed by atoms with Crippen LogP contribution < -0.4 is 0 Å². The third kappa shape index (κ3) is 3.48. The first-order valence-corrected chi connectivity index (χ1v) is 9.39. The fourth-order valence-corrected chi connectivity index (χ4v) is 3.54. The number of para-hydroxylation sites is 1. The molecular weight excluding hydrogens is 353 g/mol. The molecule has 0 aliphatic rings. The number of halogens is 1. The van der Waals surface area contributed by atoms with Crippen molar-refractivity contribution in [3.63, 3.8) is 0 Å². The fourth-order valence-electron chi connectivity index (χ4n) is 3.54. The largest absolute Gasteiger partial charge is 0.353 e. The molecule has 28 heavy (non-hydrogen) atoms. The van der Waals surface area contributed by atoms with Crippen molar-refractivity contribution in [3.8, 4) is 11.4 Å². The monoisotopic (exact) mass is 375 g/mol. The molecule has 0 bridgehead atoms. The van der Waals surface area contributed by atoms with Gasteiger partial charge in [0.05, 0.1) is 16.9 Å². The number of aromatic nitrogens is 2. The van der Waals surface area contributed by atoms with E-state index in [2.05, 4.69) is 4.98 Å². The lowest BCUT2D eigenvalue weighted by atomic mass is 10.0. The Bertz CT molecular complexity index is 1160. The molecule has 0 saturated heterocycles. The highest BCUT2D eigenvalue weighted by Crippen LogP contribution is 2.32. The number of amides is 1. The second kappa shape index (κ2) is 7.43. The lowest BCUT2D eigenvalue weighted by Gasteiger charge is -2.10. The lowest BCUT2D eigenvalue weighted by Crippen LogP contribution is -2.21. The number of nitrogens with one attached hydrogen (secondary N) is 1. The number of H-pyrrole nitrogens is 1. The smallest absolute Gasteiger partial charge is 0.222 e. The fraction of sp³-hybridized carbons (Fsp3) is 0.217. The van der Waals surface area contributed by atoms with Crippen LogP contribution in [-0.4, -0.2) is 34.9 Å². The predicted octanol–water partition coefficient (Wildman–Crippen LogP) is 4.93. The summed E-state index contributed by atoms with van der Waals surface area (Å²) >= 11 is 0. The SMILES string of the molecule is CN(C)C(=O)CCCc1c(-c2ccc3ccccc3n2)[nH]c2ccc(F)cc12. The average molecular weight is 375 g/mol. The van der Waals surface area contributed by atoms with Gasteiger partial charge >= 0.3 is 0 Å². The summed E-state index contributed by atoms with van der Waals surface area (Å²) in [5.74, 6) is -0.174. The first kappa shape index (κ1) is 18.2. The maximum absolute atomic E-state index is 13.9. The van der Waals surface area contributed by atoms with Crippen molar-refractivity contribution in [2.75, 3.05) is 14.1 Å². The Morgan fingerprint density at radius 1 is 1.11 bits per heavy atom. The van der Waals surface area contributed by atoms with Gasteiger partial charge in [-0.05, 0) is 48.7 Å². The second-order valence-electron chi connectivity index (χ2n) is 7.20. The summed E-state index contributed by atoms with van der Waals surface area (Å²) < 4.78 is 13.9. The predicted molar refractivity (Wildman–Crippen MR) is 111 cm³/mol. The van der Waals surface area contributed by atoms with Gasteiger partial charge in [0.15, 0.2) is 0 Å². The van der Waals surface area contributed by atoms with Gasteiger partial charge in [-0.2, -0.15) is 0 Å². The molecule has 4 aromatic rings. The quantitative estimate of drug-likeness (QED) is 0.537. The summed E-state index contributed by atoms with van der Waals surface area (Å²) in [7, 11) is 3.52. The number of rotatable bonds is 5. The van der Waals surface area contributed by atoms with Crippen LogP contribution in [0.15, 0.2) is 54.6 Å². The van der Waals surface area contributed by atoms with E-state index in [1.54, 1.807) is 31.1 Å². The Balaban J connectivity index is 1.76. The Hall–Kier alpha value is -3.21. The third-order valence-electron chi connectivity index (χ3n) is 5.04. The van der Waals surface area contributed by atoms with Crippen LogP contribution in [-0.2, 0) is 11.2 Å². The topological polar surface area (TPSA) is 49.0 Å². The molecule has 5 heteroatoms. The zero-order valence-corrected chi connectivity index (χ0v) is 16.0. The van der Waals surface area contributed by atoms with E-state index in [-0.39, 0.29) is 11.7 Å². The van der Waals surface area contributed by atoms with E-state index in [1.165, 1.54) is 6.07 Å². The summed E-state index contributed by atoms with van der Waals surface area (Å²) in [4.78, 5) is 21.7. The number of aromatic amines is 1. The van der Waals surface area contributed by atoms with E-state index in [0.29, 0.717) is 19.3 Å². The molecule has 4 nitrogen and oxygen atoms in total. The van der Waals surface area contributed by atoms with E-state index in [4.69, 9.17) is 4.98 Å². The molecule has 0 aliphatic heterocycles. The molecule has 142 valence electrons. The third-order valence-corrected chi connectivity index (χ3v) is 5.04. The molecule has 0 radical (unpaired) electrons. The molecule has 2 heterocycles. The molecule has 0 unspecified atom stereocenters. The number of hydrogen-bond donors (Lipinski definition) is 1. The maximum Gasteiger partial charge on any atom is 0.222 e. The van der Waals surface area contributed by atoms with Gasteiger partial charge in [-0.25, -0.2) is 9.37 Å². The highest BCUT2D eigenvalue weighted by atomic mass is 19.1. The van der Waals surface area contributed by atoms with Crippen molar-refractivity contribution in [2.45, 2.75) is 19.3 Å². The minimum absolute atomic E-state index is 0.0939. The summed E-state index contributed by atoms with van der Waals surface area (Å²) in [6.07, 6.45) is 1.83. The van der Waals surface area contributed by atoms with Gasteiger partial charge in [-0.15, -0.1) is 0 Å². The van der Waals surface area contributed by atoms with Crippen LogP contribution in [0.3, 0.4) is 0 Å². The van der Waals surface area contributed by atoms with E-state index in [9.17, 15) is 9.18 Å². The number of hydrogen-bond acceptors (Lipinski definition) is 2. The molecule has 1 amide bonds. The summed E-state index contributed by atoms with van der Waals surface area (Å²) in [5.41, 5.74) is 4.51. The number of carbonyl (C=O) groups is 1. The van der Waals surface area contributed by atoms with Crippen LogP contribution in [0, 0.1) is 5.82 Å². The normalized spacial score (nSPS) is 11.2. The average Bonchev–Trinajstić information content (AvgIpc) is 3.05. The Morgan fingerprint density at radius 3 is 2.75 bits per heavy atom. The molecule has 4 rings (SSSR count). The Kier molecular flexibility index (Phi) is 4.82. The maximum atomic E-state index is 13.9. The molecule has 0 saturated carbocycles.